The summed E-state index contributed by atoms with van der Waals surface area (Å²) in [5, 5.41) is 6.83. The molecule has 1 saturated heterocycles. The summed E-state index contributed by atoms with van der Waals surface area (Å²) in [6.07, 6.45) is 3.23. The van der Waals surface area contributed by atoms with Gasteiger partial charge in [0.05, 0.1) is 25.1 Å². The van der Waals surface area contributed by atoms with E-state index in [4.69, 9.17) is 23.6 Å². The maximum absolute atomic E-state index is 7.45. The summed E-state index contributed by atoms with van der Waals surface area (Å²) >= 11 is 2.49. The quantitative estimate of drug-likeness (QED) is 0.117. The number of aromatic nitrogens is 3. The Labute approximate surface area is 303 Å². The third-order valence-corrected chi connectivity index (χ3v) is 16.0. The molecule has 5 aromatic rings. The van der Waals surface area contributed by atoms with Gasteiger partial charge in [-0.1, -0.05) is 93.6 Å². The molecule has 1 N–H and O–H groups in total. The van der Waals surface area contributed by atoms with Gasteiger partial charge in [0.2, 0.25) is 0 Å². The van der Waals surface area contributed by atoms with Crippen molar-refractivity contribution in [2.75, 3.05) is 19.0 Å². The predicted octanol–water partition coefficient (Wildman–Crippen LogP) is 7.39. The first-order valence-electron chi connectivity index (χ1n) is 16.7. The summed E-state index contributed by atoms with van der Waals surface area (Å²) in [6.45, 7) is 12.0. The van der Waals surface area contributed by atoms with Gasteiger partial charge < -0.3 is 28.5 Å². The van der Waals surface area contributed by atoms with Crippen LogP contribution in [0.5, 0.6) is 5.75 Å². The second-order valence-electron chi connectivity index (χ2n) is 14.2. The molecule has 10 heteroatoms. The molecule has 3 heterocycles. The average Bonchev–Trinajstić information content (AvgIpc) is 3.73. The second-order valence-corrected chi connectivity index (χ2v) is 19.6. The molecule has 2 aromatic heterocycles. The first kappa shape index (κ1) is 33.9. The van der Waals surface area contributed by atoms with E-state index in [1.807, 2.05) is 26.0 Å². The lowest BCUT2D eigenvalue weighted by atomic mass is 10.1. The van der Waals surface area contributed by atoms with Crippen molar-refractivity contribution < 1.29 is 18.6 Å². The second kappa shape index (κ2) is 13.3. The third-order valence-electron chi connectivity index (χ3n) is 9.64. The van der Waals surface area contributed by atoms with Crippen LogP contribution in [0.2, 0.25) is 5.04 Å². The number of fused-ring (bicyclic) bond motifs is 2. The summed E-state index contributed by atoms with van der Waals surface area (Å²) in [6, 6.07) is 31.5. The van der Waals surface area contributed by atoms with E-state index in [1.165, 1.54) is 10.4 Å². The number of hydrogen-bond acceptors (Lipinski definition) is 7. The SMILES string of the molecule is COc1ccc(CNc2ncnc3c2ccn3[C@@H]2C(I)=C(CO[Si](c3ccccc3)(c3ccccc3)C(C)(C)C)[C@H]3OC(C)(C)O[C@H]32)cc1. The van der Waals surface area contributed by atoms with Crippen LogP contribution in [0.15, 0.2) is 113 Å². The number of ether oxygens (including phenoxy) is 3. The van der Waals surface area contributed by atoms with E-state index in [9.17, 15) is 0 Å². The van der Waals surface area contributed by atoms with Gasteiger partial charge in [-0.2, -0.15) is 0 Å². The predicted molar refractivity (Wildman–Crippen MR) is 205 cm³/mol. The van der Waals surface area contributed by atoms with E-state index in [0.29, 0.717) is 13.2 Å². The average molecular weight is 787 g/mol. The van der Waals surface area contributed by atoms with Gasteiger partial charge in [0.1, 0.15) is 35.7 Å². The Morgan fingerprint density at radius 1 is 0.898 bits per heavy atom. The minimum Gasteiger partial charge on any atom is -0.497 e. The standard InChI is InChI=1S/C39H43IN4O4Si/c1-38(2,3)49(28-13-9-7-10-14-28,29-15-11-8-12-16-29)46-24-31-32(40)33(35-34(31)47-39(4,5)48-35)44-22-21-30-36(42-25-43-37(30)44)41-23-26-17-19-27(45-6)20-18-26/h7-22,25,33-35H,23-24H2,1-6H3,(H,41,42,43)/t33-,34-,35+/m1/s1. The summed E-state index contributed by atoms with van der Waals surface area (Å²) in [5.74, 6) is 0.879. The topological polar surface area (TPSA) is 79.7 Å². The van der Waals surface area contributed by atoms with Crippen LogP contribution in [0.1, 0.15) is 46.2 Å². The summed E-state index contributed by atoms with van der Waals surface area (Å²) < 4.78 is 29.5. The van der Waals surface area contributed by atoms with E-state index >= 15 is 0 Å². The zero-order valence-corrected chi connectivity index (χ0v) is 32.0. The van der Waals surface area contributed by atoms with Crippen molar-refractivity contribution in [1.29, 1.82) is 0 Å². The molecular formula is C39H43IN4O4Si. The Hall–Kier alpha value is -3.55. The van der Waals surface area contributed by atoms with E-state index < -0.39 is 14.1 Å². The van der Waals surface area contributed by atoms with Crippen LogP contribution < -0.4 is 20.4 Å². The van der Waals surface area contributed by atoms with Gasteiger partial charge in [0, 0.05) is 16.3 Å². The fourth-order valence-corrected chi connectivity index (χ4v) is 13.0. The number of benzene rings is 3. The van der Waals surface area contributed by atoms with Gasteiger partial charge in [0.25, 0.3) is 8.32 Å². The van der Waals surface area contributed by atoms with Gasteiger partial charge in [-0.3, -0.25) is 0 Å². The number of hydrogen-bond donors (Lipinski definition) is 1. The minimum absolute atomic E-state index is 0.132. The van der Waals surface area contributed by atoms with Gasteiger partial charge in [-0.05, 0) is 81.2 Å². The van der Waals surface area contributed by atoms with Crippen LogP contribution in [-0.4, -0.2) is 54.6 Å². The number of methoxy groups -OCH3 is 1. The molecule has 0 bridgehead atoms. The van der Waals surface area contributed by atoms with E-state index in [0.717, 1.165) is 37.3 Å². The molecule has 0 amide bonds. The molecule has 0 spiro atoms. The fourth-order valence-electron chi connectivity index (χ4n) is 7.40. The maximum Gasteiger partial charge on any atom is 0.261 e. The first-order chi connectivity index (χ1) is 23.5. The molecule has 1 aliphatic heterocycles. The summed E-state index contributed by atoms with van der Waals surface area (Å²) in [5.41, 5.74) is 3.10. The van der Waals surface area contributed by atoms with Gasteiger partial charge in [-0.25, -0.2) is 9.97 Å². The lowest BCUT2D eigenvalue weighted by Gasteiger charge is -2.43. The molecule has 49 heavy (non-hydrogen) atoms. The molecule has 254 valence electrons. The lowest BCUT2D eigenvalue weighted by Crippen LogP contribution is -2.66. The van der Waals surface area contributed by atoms with E-state index in [-0.39, 0.29) is 23.3 Å². The van der Waals surface area contributed by atoms with Crippen molar-refractivity contribution in [2.24, 2.45) is 0 Å². The Kier molecular flexibility index (Phi) is 9.20. The van der Waals surface area contributed by atoms with Crippen molar-refractivity contribution in [2.45, 2.75) is 70.2 Å². The van der Waals surface area contributed by atoms with Crippen molar-refractivity contribution in [3.05, 3.63) is 118 Å². The molecule has 7 rings (SSSR count). The number of nitrogens with zero attached hydrogens (tertiary/aromatic N) is 3. The van der Waals surface area contributed by atoms with Crippen LogP contribution in [0, 0.1) is 0 Å². The number of rotatable bonds is 10. The maximum atomic E-state index is 7.45. The number of halogens is 1. The zero-order valence-electron chi connectivity index (χ0n) is 28.8. The number of nitrogens with one attached hydrogen (secondary N) is 1. The molecule has 0 unspecified atom stereocenters. The van der Waals surface area contributed by atoms with Crippen LogP contribution in [0.4, 0.5) is 5.82 Å². The van der Waals surface area contributed by atoms with Gasteiger partial charge in [0.15, 0.2) is 5.79 Å². The minimum atomic E-state index is -2.78. The number of anilines is 1. The molecule has 8 nitrogen and oxygen atoms in total. The Morgan fingerprint density at radius 2 is 1.55 bits per heavy atom. The van der Waals surface area contributed by atoms with E-state index in [2.05, 4.69) is 143 Å². The highest BCUT2D eigenvalue weighted by molar-refractivity contribution is 14.1. The molecule has 1 fully saturated rings. The first-order valence-corrected chi connectivity index (χ1v) is 19.7. The highest BCUT2D eigenvalue weighted by atomic mass is 127. The Balaban J connectivity index is 1.25. The molecular weight excluding hydrogens is 743 g/mol. The van der Waals surface area contributed by atoms with E-state index in [1.54, 1.807) is 13.4 Å². The van der Waals surface area contributed by atoms with Crippen molar-refractivity contribution in [3.63, 3.8) is 0 Å². The summed E-state index contributed by atoms with van der Waals surface area (Å²) in [4.78, 5) is 9.39. The van der Waals surface area contributed by atoms with Crippen molar-refractivity contribution in [3.8, 4) is 5.75 Å². The van der Waals surface area contributed by atoms with Crippen LogP contribution in [0.25, 0.3) is 11.0 Å². The van der Waals surface area contributed by atoms with Crippen LogP contribution >= 0.6 is 22.6 Å². The fraction of sp³-hybridized carbons (Fsp3) is 0.333. The highest BCUT2D eigenvalue weighted by Crippen LogP contribution is 2.51. The Morgan fingerprint density at radius 3 is 2.16 bits per heavy atom. The third kappa shape index (κ3) is 6.22. The molecule has 0 saturated carbocycles. The molecule has 3 aromatic carbocycles. The highest BCUT2D eigenvalue weighted by Gasteiger charge is 2.56. The molecule has 2 aliphatic rings. The van der Waals surface area contributed by atoms with Crippen LogP contribution in [0.3, 0.4) is 0 Å². The smallest absolute Gasteiger partial charge is 0.261 e. The zero-order chi connectivity index (χ0) is 34.4. The van der Waals surface area contributed by atoms with Crippen molar-refractivity contribution in [1.82, 2.24) is 14.5 Å². The molecule has 3 atom stereocenters. The normalized spacial score (nSPS) is 20.5. The molecule has 1 aliphatic carbocycles. The molecule has 0 radical (unpaired) electrons. The van der Waals surface area contributed by atoms with Gasteiger partial charge >= 0.3 is 0 Å². The monoisotopic (exact) mass is 786 g/mol. The van der Waals surface area contributed by atoms with Crippen molar-refractivity contribution >= 4 is 58.1 Å². The summed E-state index contributed by atoms with van der Waals surface area (Å²) in [7, 11) is -1.11. The lowest BCUT2D eigenvalue weighted by molar-refractivity contribution is -0.148. The largest absolute Gasteiger partial charge is 0.497 e. The van der Waals surface area contributed by atoms with Crippen LogP contribution in [-0.2, 0) is 20.4 Å². The van der Waals surface area contributed by atoms with Gasteiger partial charge in [-0.15, -0.1) is 0 Å². The Bertz CT molecular complexity index is 1920.